The van der Waals surface area contributed by atoms with Gasteiger partial charge in [-0.15, -0.1) is 0 Å². The molecule has 0 aliphatic carbocycles. The first-order valence-electron chi connectivity index (χ1n) is 4.14. The third-order valence-electron chi connectivity index (χ3n) is 2.87. The van der Waals surface area contributed by atoms with E-state index >= 15 is 0 Å². The van der Waals surface area contributed by atoms with Crippen LogP contribution in [0, 0.1) is 0 Å². The minimum absolute atomic E-state index is 0.608. The molecule has 2 aliphatic heterocycles. The smallest absolute Gasteiger partial charge is 0.210 e. The number of hydrogen-bond acceptors (Lipinski definition) is 1. The number of nitrogens with zero attached hydrogens (tertiary/aromatic N) is 1. The van der Waals surface area contributed by atoms with E-state index in [0.29, 0.717) is 12.1 Å². The summed E-state index contributed by atoms with van der Waals surface area (Å²) in [7, 11) is 0. The van der Waals surface area contributed by atoms with Gasteiger partial charge < -0.3 is 4.90 Å². The molecular weight excluding hydrogens is 126 g/mol. The summed E-state index contributed by atoms with van der Waals surface area (Å²) in [5.41, 5.74) is 0. The van der Waals surface area contributed by atoms with Gasteiger partial charge in [-0.05, 0) is 32.1 Å². The van der Waals surface area contributed by atoms with E-state index in [9.17, 15) is 4.79 Å². The van der Waals surface area contributed by atoms with Crippen molar-refractivity contribution >= 4 is 6.41 Å². The molecule has 2 rings (SSSR count). The Morgan fingerprint density at radius 1 is 1.10 bits per heavy atom. The quantitative estimate of drug-likeness (QED) is 0.499. The fourth-order valence-corrected chi connectivity index (χ4v) is 2.33. The van der Waals surface area contributed by atoms with E-state index in [-0.39, 0.29) is 0 Å². The standard InChI is InChI=1S/C8H13NO/c10-6-9-7-2-1-3-8(9)5-4-7/h6-8H,1-5H2. The number of hydrogen-bond donors (Lipinski definition) is 0. The van der Waals surface area contributed by atoms with Crippen LogP contribution < -0.4 is 0 Å². The lowest BCUT2D eigenvalue weighted by Crippen LogP contribution is -2.38. The molecular formula is C8H13NO. The molecule has 2 heteroatoms. The first kappa shape index (κ1) is 6.20. The highest BCUT2D eigenvalue weighted by molar-refractivity contribution is 5.49. The largest absolute Gasteiger partial charge is 0.339 e. The van der Waals surface area contributed by atoms with Crippen molar-refractivity contribution in [3.8, 4) is 0 Å². The van der Waals surface area contributed by atoms with Crippen LogP contribution in [0.3, 0.4) is 0 Å². The average Bonchev–Trinajstić information content (AvgIpc) is 2.19. The molecule has 0 aromatic rings. The fraction of sp³-hybridized carbons (Fsp3) is 0.875. The zero-order chi connectivity index (χ0) is 6.97. The highest BCUT2D eigenvalue weighted by Crippen LogP contribution is 2.33. The van der Waals surface area contributed by atoms with Crippen LogP contribution in [0.5, 0.6) is 0 Å². The van der Waals surface area contributed by atoms with Gasteiger partial charge in [-0.2, -0.15) is 0 Å². The Morgan fingerprint density at radius 2 is 1.70 bits per heavy atom. The Kier molecular flexibility index (Phi) is 1.40. The van der Waals surface area contributed by atoms with E-state index in [4.69, 9.17) is 0 Å². The Balaban J connectivity index is 2.13. The van der Waals surface area contributed by atoms with Crippen LogP contribution in [0.15, 0.2) is 0 Å². The summed E-state index contributed by atoms with van der Waals surface area (Å²) in [5.74, 6) is 0. The number of piperidine rings is 1. The van der Waals surface area contributed by atoms with Crippen LogP contribution in [0.4, 0.5) is 0 Å². The van der Waals surface area contributed by atoms with Gasteiger partial charge in [0.05, 0.1) is 0 Å². The van der Waals surface area contributed by atoms with E-state index < -0.39 is 0 Å². The topological polar surface area (TPSA) is 20.3 Å². The third-order valence-corrected chi connectivity index (χ3v) is 2.87. The summed E-state index contributed by atoms with van der Waals surface area (Å²) < 4.78 is 0. The van der Waals surface area contributed by atoms with Gasteiger partial charge in [-0.1, -0.05) is 0 Å². The molecule has 2 nitrogen and oxygen atoms in total. The van der Waals surface area contributed by atoms with Crippen LogP contribution in [0.2, 0.25) is 0 Å². The molecule has 0 spiro atoms. The van der Waals surface area contributed by atoms with Gasteiger partial charge in [0, 0.05) is 12.1 Å². The second-order valence-corrected chi connectivity index (χ2v) is 3.37. The average molecular weight is 139 g/mol. The lowest BCUT2D eigenvalue weighted by molar-refractivity contribution is -0.121. The summed E-state index contributed by atoms with van der Waals surface area (Å²) in [6.07, 6.45) is 7.37. The Morgan fingerprint density at radius 3 is 2.10 bits per heavy atom. The summed E-state index contributed by atoms with van der Waals surface area (Å²) >= 11 is 0. The van der Waals surface area contributed by atoms with Crippen LogP contribution in [-0.2, 0) is 4.79 Å². The molecule has 2 bridgehead atoms. The Bertz CT molecular complexity index is 130. The van der Waals surface area contributed by atoms with Crippen molar-refractivity contribution < 1.29 is 4.79 Å². The lowest BCUT2D eigenvalue weighted by Gasteiger charge is -2.30. The number of fused-ring (bicyclic) bond motifs is 2. The maximum atomic E-state index is 10.5. The summed E-state index contributed by atoms with van der Waals surface area (Å²) in [5, 5.41) is 0. The highest BCUT2D eigenvalue weighted by atomic mass is 16.1. The minimum Gasteiger partial charge on any atom is -0.339 e. The van der Waals surface area contributed by atoms with Crippen molar-refractivity contribution in [1.29, 1.82) is 0 Å². The highest BCUT2D eigenvalue weighted by Gasteiger charge is 2.34. The molecule has 0 radical (unpaired) electrons. The number of carbonyl (C=O) groups excluding carboxylic acids is 1. The maximum Gasteiger partial charge on any atom is 0.210 e. The Labute approximate surface area is 61.2 Å². The number of carbonyl (C=O) groups is 1. The molecule has 10 heavy (non-hydrogen) atoms. The fourth-order valence-electron chi connectivity index (χ4n) is 2.33. The zero-order valence-electron chi connectivity index (χ0n) is 6.12. The predicted octanol–water partition coefficient (Wildman–Crippen LogP) is 1.16. The molecule has 2 fully saturated rings. The van der Waals surface area contributed by atoms with Crippen molar-refractivity contribution in [2.24, 2.45) is 0 Å². The van der Waals surface area contributed by atoms with Crippen molar-refractivity contribution in [3.05, 3.63) is 0 Å². The number of amides is 1. The molecule has 2 saturated heterocycles. The zero-order valence-corrected chi connectivity index (χ0v) is 6.12. The van der Waals surface area contributed by atoms with Crippen LogP contribution in [0.1, 0.15) is 32.1 Å². The van der Waals surface area contributed by atoms with E-state index in [2.05, 4.69) is 0 Å². The molecule has 2 aliphatic rings. The summed E-state index contributed by atoms with van der Waals surface area (Å²) in [6, 6.07) is 1.22. The van der Waals surface area contributed by atoms with Crippen LogP contribution in [0.25, 0.3) is 0 Å². The first-order chi connectivity index (χ1) is 4.92. The van der Waals surface area contributed by atoms with Crippen molar-refractivity contribution in [3.63, 3.8) is 0 Å². The third kappa shape index (κ3) is 0.746. The van der Waals surface area contributed by atoms with Crippen LogP contribution in [-0.4, -0.2) is 23.4 Å². The van der Waals surface area contributed by atoms with Gasteiger partial charge in [-0.25, -0.2) is 0 Å². The maximum absolute atomic E-state index is 10.5. The molecule has 2 heterocycles. The molecule has 0 N–H and O–H groups in total. The van der Waals surface area contributed by atoms with Crippen LogP contribution >= 0.6 is 0 Å². The van der Waals surface area contributed by atoms with Crippen molar-refractivity contribution in [2.75, 3.05) is 0 Å². The monoisotopic (exact) mass is 139 g/mol. The van der Waals surface area contributed by atoms with E-state index in [0.717, 1.165) is 6.41 Å². The van der Waals surface area contributed by atoms with Gasteiger partial charge in [0.2, 0.25) is 6.41 Å². The summed E-state index contributed by atoms with van der Waals surface area (Å²) in [6.45, 7) is 0. The molecule has 56 valence electrons. The Hall–Kier alpha value is -0.530. The van der Waals surface area contributed by atoms with Gasteiger partial charge in [-0.3, -0.25) is 4.79 Å². The molecule has 2 atom stereocenters. The first-order valence-corrected chi connectivity index (χ1v) is 4.14. The van der Waals surface area contributed by atoms with E-state index in [1.54, 1.807) is 0 Å². The molecule has 0 aromatic carbocycles. The molecule has 0 saturated carbocycles. The normalized spacial score (nSPS) is 38.2. The molecule has 0 aromatic heterocycles. The summed E-state index contributed by atoms with van der Waals surface area (Å²) in [4.78, 5) is 12.6. The van der Waals surface area contributed by atoms with Gasteiger partial charge in [0.25, 0.3) is 0 Å². The lowest BCUT2D eigenvalue weighted by atomic mass is 10.0. The van der Waals surface area contributed by atoms with Crippen molar-refractivity contribution in [2.45, 2.75) is 44.2 Å². The van der Waals surface area contributed by atoms with Gasteiger partial charge in [0.1, 0.15) is 0 Å². The van der Waals surface area contributed by atoms with E-state index in [1.165, 1.54) is 32.1 Å². The minimum atomic E-state index is 0.608. The predicted molar refractivity (Wildman–Crippen MR) is 38.6 cm³/mol. The van der Waals surface area contributed by atoms with E-state index in [1.807, 2.05) is 4.90 Å². The molecule has 1 amide bonds. The second-order valence-electron chi connectivity index (χ2n) is 3.37. The van der Waals surface area contributed by atoms with Gasteiger partial charge in [0.15, 0.2) is 0 Å². The number of rotatable bonds is 1. The SMILES string of the molecule is O=CN1C2CCCC1CC2. The molecule has 2 unspecified atom stereocenters. The van der Waals surface area contributed by atoms with Crippen molar-refractivity contribution in [1.82, 2.24) is 4.90 Å². The second kappa shape index (κ2) is 2.26. The van der Waals surface area contributed by atoms with Gasteiger partial charge >= 0.3 is 0 Å².